The van der Waals surface area contributed by atoms with E-state index in [-0.39, 0.29) is 17.2 Å². The van der Waals surface area contributed by atoms with E-state index in [1.54, 1.807) is 36.1 Å². The van der Waals surface area contributed by atoms with Crippen LogP contribution >= 0.6 is 22.9 Å². The molecule has 0 aliphatic heterocycles. The van der Waals surface area contributed by atoms with Crippen molar-refractivity contribution in [1.29, 1.82) is 0 Å². The Bertz CT molecular complexity index is 1150. The minimum atomic E-state index is -4.53. The Morgan fingerprint density at radius 2 is 2.10 bits per heavy atom. The van der Waals surface area contributed by atoms with E-state index < -0.39 is 17.6 Å². The molecular formula is C17H13F3N6OS2. The van der Waals surface area contributed by atoms with Crippen molar-refractivity contribution in [3.63, 3.8) is 0 Å². The lowest BCUT2D eigenvalue weighted by molar-refractivity contribution is -0.136. The average Bonchev–Trinajstić information content (AvgIpc) is 3.40. The number of aromatic nitrogens is 5. The molecule has 0 radical (unpaired) electrons. The molecule has 4 rings (SSSR count). The van der Waals surface area contributed by atoms with Crippen LogP contribution in [0.25, 0.3) is 10.2 Å². The summed E-state index contributed by atoms with van der Waals surface area (Å²) in [5, 5.41) is 8.13. The molecule has 1 aromatic carbocycles. The number of hydrogen-bond acceptors (Lipinski definition) is 7. The molecule has 0 fully saturated rings. The lowest BCUT2D eigenvalue weighted by Crippen LogP contribution is -2.34. The maximum absolute atomic E-state index is 13.4. The first-order chi connectivity index (χ1) is 13.8. The van der Waals surface area contributed by atoms with Gasteiger partial charge in [0, 0.05) is 18.9 Å². The first-order valence-corrected chi connectivity index (χ1v) is 9.98. The molecule has 0 atom stereocenters. The van der Waals surface area contributed by atoms with Crippen LogP contribution in [0.1, 0.15) is 20.9 Å². The zero-order valence-corrected chi connectivity index (χ0v) is 16.6. The molecule has 0 unspecified atom stereocenters. The molecule has 0 aliphatic carbocycles. The maximum Gasteiger partial charge on any atom is 0.418 e. The van der Waals surface area contributed by atoms with Gasteiger partial charge < -0.3 is 0 Å². The van der Waals surface area contributed by atoms with E-state index in [0.29, 0.717) is 21.8 Å². The quantitative estimate of drug-likeness (QED) is 0.470. The van der Waals surface area contributed by atoms with Gasteiger partial charge in [-0.3, -0.25) is 14.4 Å². The second-order valence-corrected chi connectivity index (χ2v) is 7.82. The summed E-state index contributed by atoms with van der Waals surface area (Å²) in [5.41, 5.74) is -0.537. The first-order valence-electron chi connectivity index (χ1n) is 8.39. The van der Waals surface area contributed by atoms with E-state index in [4.69, 9.17) is 0 Å². The summed E-state index contributed by atoms with van der Waals surface area (Å²) < 4.78 is 45.8. The van der Waals surface area contributed by atoms with Crippen LogP contribution in [0.4, 0.5) is 18.3 Å². The molecule has 0 spiro atoms. The van der Waals surface area contributed by atoms with Crippen LogP contribution in [0.5, 0.6) is 0 Å². The van der Waals surface area contributed by atoms with Crippen molar-refractivity contribution in [3.05, 3.63) is 52.8 Å². The Morgan fingerprint density at radius 3 is 2.76 bits per heavy atom. The van der Waals surface area contributed by atoms with Gasteiger partial charge in [0.2, 0.25) is 0 Å². The van der Waals surface area contributed by atoms with Gasteiger partial charge in [0.15, 0.2) is 5.13 Å². The van der Waals surface area contributed by atoms with Crippen molar-refractivity contribution in [3.8, 4) is 0 Å². The van der Waals surface area contributed by atoms with Gasteiger partial charge in [-0.25, -0.2) is 4.98 Å². The number of benzene rings is 1. The zero-order chi connectivity index (χ0) is 20.6. The number of carbonyl (C=O) groups is 1. The third-order valence-electron chi connectivity index (χ3n) is 4.15. The van der Waals surface area contributed by atoms with Crippen LogP contribution in [0.15, 0.2) is 36.7 Å². The third-order valence-corrected chi connectivity index (χ3v) is 6.01. The molecule has 0 N–H and O–H groups in total. The Labute approximate surface area is 170 Å². The van der Waals surface area contributed by atoms with E-state index in [1.807, 2.05) is 0 Å². The second kappa shape index (κ2) is 7.52. The minimum absolute atomic E-state index is 0.170. The molecule has 0 aliphatic rings. The fourth-order valence-corrected chi connectivity index (χ4v) is 4.37. The monoisotopic (exact) mass is 438 g/mol. The predicted molar refractivity (Wildman–Crippen MR) is 103 cm³/mol. The molecule has 3 aromatic heterocycles. The summed E-state index contributed by atoms with van der Waals surface area (Å²) in [5.74, 6) is -0.405. The number of anilines is 1. The Balaban J connectivity index is 1.76. The normalized spacial score (nSPS) is 11.9. The fraction of sp³-hybridized carbons (Fsp3) is 0.235. The summed E-state index contributed by atoms with van der Waals surface area (Å²) in [6.07, 6.45) is -1.19. The average molecular weight is 438 g/mol. The van der Waals surface area contributed by atoms with Gasteiger partial charge in [-0.2, -0.15) is 18.3 Å². The molecule has 1 amide bonds. The summed E-state index contributed by atoms with van der Waals surface area (Å²) in [4.78, 5) is 19.0. The Hall–Kier alpha value is -2.86. The van der Waals surface area contributed by atoms with Crippen LogP contribution in [0.3, 0.4) is 0 Å². The van der Waals surface area contributed by atoms with E-state index in [9.17, 15) is 18.0 Å². The number of alkyl halides is 3. The third kappa shape index (κ3) is 3.85. The van der Waals surface area contributed by atoms with Crippen molar-refractivity contribution in [2.75, 3.05) is 11.4 Å². The van der Waals surface area contributed by atoms with E-state index >= 15 is 0 Å². The first kappa shape index (κ1) is 19.5. The predicted octanol–water partition coefficient (Wildman–Crippen LogP) is 4.02. The number of aryl methyl sites for hydroxylation is 1. The number of carbonyl (C=O) groups excluding carboxylic acids is 1. The van der Waals surface area contributed by atoms with Crippen LogP contribution in [-0.2, 0) is 12.7 Å². The van der Waals surface area contributed by atoms with Gasteiger partial charge in [-0.1, -0.05) is 21.9 Å². The SMILES string of the molecule is Cc1nnsc1C(=O)N(CCn1cccn1)c1nc2c(C(F)(F)F)cccc2s1. The van der Waals surface area contributed by atoms with Crippen molar-refractivity contribution in [2.45, 2.75) is 19.6 Å². The van der Waals surface area contributed by atoms with Gasteiger partial charge in [0.25, 0.3) is 5.91 Å². The van der Waals surface area contributed by atoms with E-state index in [0.717, 1.165) is 28.9 Å². The second-order valence-electron chi connectivity index (χ2n) is 6.06. The highest BCUT2D eigenvalue weighted by Crippen LogP contribution is 2.38. The van der Waals surface area contributed by atoms with E-state index in [1.165, 1.54) is 11.0 Å². The molecule has 0 saturated carbocycles. The van der Waals surface area contributed by atoms with E-state index in [2.05, 4.69) is 19.7 Å². The van der Waals surface area contributed by atoms with Gasteiger partial charge in [-0.15, -0.1) is 5.10 Å². The van der Waals surface area contributed by atoms with Crippen molar-refractivity contribution < 1.29 is 18.0 Å². The number of nitrogens with zero attached hydrogens (tertiary/aromatic N) is 6. The largest absolute Gasteiger partial charge is 0.418 e. The fourth-order valence-electron chi connectivity index (χ4n) is 2.75. The molecule has 29 heavy (non-hydrogen) atoms. The maximum atomic E-state index is 13.4. The molecular weight excluding hydrogens is 425 g/mol. The lowest BCUT2D eigenvalue weighted by Gasteiger charge is -2.19. The lowest BCUT2D eigenvalue weighted by atomic mass is 10.2. The summed E-state index contributed by atoms with van der Waals surface area (Å²) in [6.45, 7) is 2.19. The van der Waals surface area contributed by atoms with Gasteiger partial charge in [0.1, 0.15) is 4.88 Å². The number of fused-ring (bicyclic) bond motifs is 1. The van der Waals surface area contributed by atoms with Crippen molar-refractivity contribution in [1.82, 2.24) is 24.4 Å². The Kier molecular flexibility index (Phi) is 5.04. The number of hydrogen-bond donors (Lipinski definition) is 0. The molecule has 150 valence electrons. The number of amides is 1. The molecule has 4 aromatic rings. The Morgan fingerprint density at radius 1 is 1.28 bits per heavy atom. The zero-order valence-electron chi connectivity index (χ0n) is 14.9. The number of thiazole rings is 1. The van der Waals surface area contributed by atoms with Crippen molar-refractivity contribution >= 4 is 44.1 Å². The van der Waals surface area contributed by atoms with Crippen LogP contribution in [0, 0.1) is 6.92 Å². The number of rotatable bonds is 5. The molecule has 7 nitrogen and oxygen atoms in total. The van der Waals surface area contributed by atoms with Crippen molar-refractivity contribution in [2.24, 2.45) is 0 Å². The van der Waals surface area contributed by atoms with Gasteiger partial charge >= 0.3 is 6.18 Å². The molecule has 3 heterocycles. The van der Waals surface area contributed by atoms with Gasteiger partial charge in [-0.05, 0) is 36.7 Å². The summed E-state index contributed by atoms with van der Waals surface area (Å²) in [7, 11) is 0. The number of halogens is 3. The highest BCUT2D eigenvalue weighted by atomic mass is 32.1. The van der Waals surface area contributed by atoms with Gasteiger partial charge in [0.05, 0.1) is 28.0 Å². The molecule has 0 saturated heterocycles. The smallest absolute Gasteiger partial charge is 0.281 e. The standard InChI is InChI=1S/C17H13F3N6OS2/c1-10-14(29-24-23-10)15(27)26(9-8-25-7-3-6-21-25)16-22-13-11(17(18,19)20)4-2-5-12(13)28-16/h2-7H,8-9H2,1H3. The van der Waals surface area contributed by atoms with Crippen LogP contribution in [0.2, 0.25) is 0 Å². The summed E-state index contributed by atoms with van der Waals surface area (Å²) in [6, 6.07) is 5.62. The summed E-state index contributed by atoms with van der Waals surface area (Å²) >= 11 is 1.97. The molecule has 12 heteroatoms. The van der Waals surface area contributed by atoms with Crippen LogP contribution in [-0.4, -0.2) is 36.8 Å². The highest BCUT2D eigenvalue weighted by molar-refractivity contribution is 7.22. The molecule has 0 bridgehead atoms. The number of para-hydroxylation sites is 1. The van der Waals surface area contributed by atoms with Crippen LogP contribution < -0.4 is 4.90 Å². The highest BCUT2D eigenvalue weighted by Gasteiger charge is 2.34. The topological polar surface area (TPSA) is 76.8 Å². The minimum Gasteiger partial charge on any atom is -0.281 e.